The summed E-state index contributed by atoms with van der Waals surface area (Å²) in [6.45, 7) is 0. The summed E-state index contributed by atoms with van der Waals surface area (Å²) in [7, 11) is 0. The number of hydrogen-bond donors (Lipinski definition) is 0. The lowest BCUT2D eigenvalue weighted by Gasteiger charge is -2.05. The van der Waals surface area contributed by atoms with E-state index < -0.39 is 17.7 Å². The average Bonchev–Trinajstić information content (AvgIpc) is 2.23. The fourth-order valence-electron chi connectivity index (χ4n) is 1.08. The Kier molecular flexibility index (Phi) is 4.09. The van der Waals surface area contributed by atoms with Crippen LogP contribution in [0.4, 0.5) is 13.2 Å². The zero-order valence-corrected chi connectivity index (χ0v) is 8.57. The Hall–Kier alpha value is -2.04. The van der Waals surface area contributed by atoms with Gasteiger partial charge in [-0.3, -0.25) is 0 Å². The van der Waals surface area contributed by atoms with E-state index in [0.717, 1.165) is 18.2 Å². The van der Waals surface area contributed by atoms with Crippen molar-refractivity contribution in [3.63, 3.8) is 0 Å². The number of alkyl halides is 3. The van der Waals surface area contributed by atoms with E-state index in [1.54, 1.807) is 0 Å². The minimum absolute atomic E-state index is 0.543. The van der Waals surface area contributed by atoms with Gasteiger partial charge in [-0.1, -0.05) is 30.4 Å². The van der Waals surface area contributed by atoms with Crippen LogP contribution in [0.1, 0.15) is 11.1 Å². The molecule has 0 bridgehead atoms. The molecule has 90 valence electrons. The molecule has 5 heteroatoms. The quantitative estimate of drug-likeness (QED) is 0.600. The highest BCUT2D eigenvalue weighted by atomic mass is 19.4. The highest BCUT2D eigenvalue weighted by Gasteiger charge is 2.29. The van der Waals surface area contributed by atoms with Crippen molar-refractivity contribution in [3.05, 3.63) is 53.6 Å². The Bertz CT molecular complexity index is 442. The Morgan fingerprint density at radius 2 is 1.71 bits per heavy atom. The number of carbonyl (C=O) groups excluding carboxylic acids is 1. The van der Waals surface area contributed by atoms with Crippen LogP contribution in [0.2, 0.25) is 0 Å². The number of allylic oxidation sites excluding steroid dienone is 2. The maximum atomic E-state index is 12.2. The smallest absolute Gasteiger partial charge is 0.416 e. The summed E-state index contributed by atoms with van der Waals surface area (Å²) < 4.78 is 36.6. The second kappa shape index (κ2) is 5.34. The Morgan fingerprint density at radius 3 is 2.18 bits per heavy atom. The zero-order chi connectivity index (χ0) is 12.9. The molecular weight excluding hydrogens is 233 g/mol. The fourth-order valence-corrected chi connectivity index (χ4v) is 1.08. The Balaban J connectivity index is 2.72. The first kappa shape index (κ1) is 13.0. The second-order valence-electron chi connectivity index (χ2n) is 3.16. The third-order valence-electron chi connectivity index (χ3n) is 1.87. The number of carboxylic acid groups (broad SMARTS) is 1. The number of halogens is 3. The van der Waals surface area contributed by atoms with E-state index >= 15 is 0 Å². The van der Waals surface area contributed by atoms with Gasteiger partial charge in [0.25, 0.3) is 0 Å². The third-order valence-corrected chi connectivity index (χ3v) is 1.87. The average molecular weight is 241 g/mol. The predicted octanol–water partition coefficient (Wildman–Crippen LogP) is 2.02. The molecule has 1 aromatic rings. The zero-order valence-electron chi connectivity index (χ0n) is 8.57. The molecule has 0 atom stereocenters. The molecule has 0 aromatic heterocycles. The molecule has 0 spiro atoms. The number of carbonyl (C=O) groups is 1. The maximum absolute atomic E-state index is 12.2. The number of carboxylic acids is 1. The van der Waals surface area contributed by atoms with Crippen molar-refractivity contribution >= 4 is 12.0 Å². The van der Waals surface area contributed by atoms with Gasteiger partial charge in [-0.25, -0.2) is 0 Å². The van der Waals surface area contributed by atoms with Crippen molar-refractivity contribution in [3.8, 4) is 0 Å². The summed E-state index contributed by atoms with van der Waals surface area (Å²) in [4.78, 5) is 10.0. The molecule has 0 aliphatic carbocycles. The van der Waals surface area contributed by atoms with E-state index in [1.807, 2.05) is 0 Å². The van der Waals surface area contributed by atoms with E-state index in [1.165, 1.54) is 30.4 Å². The van der Waals surface area contributed by atoms with Gasteiger partial charge in [-0.05, 0) is 23.8 Å². The van der Waals surface area contributed by atoms with Crippen molar-refractivity contribution < 1.29 is 23.1 Å². The fraction of sp³-hybridized carbons (Fsp3) is 0.0833. The highest BCUT2D eigenvalue weighted by molar-refractivity contribution is 5.78. The van der Waals surface area contributed by atoms with Gasteiger partial charge < -0.3 is 9.90 Å². The van der Waals surface area contributed by atoms with Crippen LogP contribution >= 0.6 is 0 Å². The maximum Gasteiger partial charge on any atom is 0.416 e. The van der Waals surface area contributed by atoms with Gasteiger partial charge in [0.2, 0.25) is 0 Å². The molecule has 1 aromatic carbocycles. The molecule has 1 rings (SSSR count). The molecule has 0 saturated heterocycles. The lowest BCUT2D eigenvalue weighted by Crippen LogP contribution is -2.18. The van der Waals surface area contributed by atoms with Crippen LogP contribution in [0.15, 0.2) is 42.5 Å². The van der Waals surface area contributed by atoms with Gasteiger partial charge in [-0.15, -0.1) is 0 Å². The molecular formula is C12H8F3O2-. The van der Waals surface area contributed by atoms with E-state index in [-0.39, 0.29) is 0 Å². The van der Waals surface area contributed by atoms with Gasteiger partial charge in [0, 0.05) is 0 Å². The number of aliphatic carboxylic acids is 1. The molecule has 0 aliphatic rings. The summed E-state index contributed by atoms with van der Waals surface area (Å²) in [6, 6.07) is 4.52. The van der Waals surface area contributed by atoms with Crippen LogP contribution in [0.25, 0.3) is 6.08 Å². The van der Waals surface area contributed by atoms with Crippen LogP contribution in [0, 0.1) is 0 Å². The topological polar surface area (TPSA) is 40.1 Å². The van der Waals surface area contributed by atoms with E-state index in [9.17, 15) is 23.1 Å². The molecule has 0 unspecified atom stereocenters. The largest absolute Gasteiger partial charge is 0.545 e. The molecule has 0 aliphatic heterocycles. The molecule has 0 heterocycles. The SMILES string of the molecule is O=C([O-])/C=C/C=C/c1ccc(C(F)(F)F)cc1. The summed E-state index contributed by atoms with van der Waals surface area (Å²) in [5.74, 6) is -1.33. The summed E-state index contributed by atoms with van der Waals surface area (Å²) in [5.41, 5.74) is -0.180. The summed E-state index contributed by atoms with van der Waals surface area (Å²) in [5, 5.41) is 10.0. The Morgan fingerprint density at radius 1 is 1.12 bits per heavy atom. The van der Waals surface area contributed by atoms with Crippen molar-refractivity contribution in [2.75, 3.05) is 0 Å². The van der Waals surface area contributed by atoms with Crippen LogP contribution in [-0.4, -0.2) is 5.97 Å². The number of benzene rings is 1. The molecule has 0 amide bonds. The molecule has 0 N–H and O–H groups in total. The van der Waals surface area contributed by atoms with Gasteiger partial charge in [0.1, 0.15) is 0 Å². The lowest BCUT2D eigenvalue weighted by molar-refractivity contribution is -0.297. The third kappa shape index (κ3) is 4.55. The normalized spacial score (nSPS) is 12.4. The van der Waals surface area contributed by atoms with Crippen LogP contribution in [0.5, 0.6) is 0 Å². The van der Waals surface area contributed by atoms with Crippen molar-refractivity contribution in [2.45, 2.75) is 6.18 Å². The molecule has 2 nitrogen and oxygen atoms in total. The molecule has 0 fully saturated rings. The summed E-state index contributed by atoms with van der Waals surface area (Å²) in [6.07, 6.45) is 0.586. The van der Waals surface area contributed by atoms with E-state index in [2.05, 4.69) is 0 Å². The molecule has 0 radical (unpaired) electrons. The first-order valence-electron chi connectivity index (χ1n) is 4.62. The minimum Gasteiger partial charge on any atom is -0.545 e. The monoisotopic (exact) mass is 241 g/mol. The number of rotatable bonds is 3. The van der Waals surface area contributed by atoms with Crippen LogP contribution < -0.4 is 5.11 Å². The van der Waals surface area contributed by atoms with E-state index in [4.69, 9.17) is 0 Å². The van der Waals surface area contributed by atoms with E-state index in [0.29, 0.717) is 5.56 Å². The summed E-state index contributed by atoms with van der Waals surface area (Å²) >= 11 is 0. The van der Waals surface area contributed by atoms with Gasteiger partial charge in [-0.2, -0.15) is 13.2 Å². The first-order valence-corrected chi connectivity index (χ1v) is 4.62. The first-order chi connectivity index (χ1) is 7.89. The Labute approximate surface area is 95.7 Å². The molecule has 17 heavy (non-hydrogen) atoms. The lowest BCUT2D eigenvalue weighted by atomic mass is 10.1. The predicted molar refractivity (Wildman–Crippen MR) is 54.6 cm³/mol. The van der Waals surface area contributed by atoms with Crippen LogP contribution in [0.3, 0.4) is 0 Å². The van der Waals surface area contributed by atoms with Gasteiger partial charge >= 0.3 is 6.18 Å². The minimum atomic E-state index is -4.35. The van der Waals surface area contributed by atoms with Crippen LogP contribution in [-0.2, 0) is 11.0 Å². The molecule has 0 saturated carbocycles. The van der Waals surface area contributed by atoms with Crippen molar-refractivity contribution in [1.29, 1.82) is 0 Å². The second-order valence-corrected chi connectivity index (χ2v) is 3.16. The van der Waals surface area contributed by atoms with Gasteiger partial charge in [0.15, 0.2) is 0 Å². The standard InChI is InChI=1S/C12H9F3O2/c13-12(14,15)10-7-5-9(6-8-10)3-1-2-4-11(16)17/h1-8H,(H,16,17)/p-1/b3-1+,4-2+. The highest BCUT2D eigenvalue weighted by Crippen LogP contribution is 2.29. The van der Waals surface area contributed by atoms with Crippen molar-refractivity contribution in [1.82, 2.24) is 0 Å². The number of hydrogen-bond acceptors (Lipinski definition) is 2. The van der Waals surface area contributed by atoms with Crippen molar-refractivity contribution in [2.24, 2.45) is 0 Å². The van der Waals surface area contributed by atoms with Gasteiger partial charge in [0.05, 0.1) is 11.5 Å².